The summed E-state index contributed by atoms with van der Waals surface area (Å²) >= 11 is 6.94. The van der Waals surface area contributed by atoms with Gasteiger partial charge in [-0.3, -0.25) is 4.79 Å². The van der Waals surface area contributed by atoms with Crippen molar-refractivity contribution in [2.75, 3.05) is 0 Å². The van der Waals surface area contributed by atoms with Crippen LogP contribution in [0.15, 0.2) is 51.4 Å². The quantitative estimate of drug-likeness (QED) is 0.614. The zero-order valence-corrected chi connectivity index (χ0v) is 14.1. The van der Waals surface area contributed by atoms with E-state index in [9.17, 15) is 4.79 Å². The number of rotatable bonds is 2. The number of hydrogen-bond acceptors (Lipinski definition) is 1. The fourth-order valence-corrected chi connectivity index (χ4v) is 3.70. The van der Waals surface area contributed by atoms with Crippen molar-refractivity contribution in [3.63, 3.8) is 0 Å². The van der Waals surface area contributed by atoms with Crippen LogP contribution in [-0.4, -0.2) is 5.78 Å². The van der Waals surface area contributed by atoms with Crippen molar-refractivity contribution in [3.8, 4) is 0 Å². The molecular weight excluding hydrogens is 380 g/mol. The molecule has 2 aromatic carbocycles. The van der Waals surface area contributed by atoms with Gasteiger partial charge in [-0.05, 0) is 48.6 Å². The predicted octanol–water partition coefficient (Wildman–Crippen LogP) is 5.51. The summed E-state index contributed by atoms with van der Waals surface area (Å²) in [5, 5.41) is 0. The van der Waals surface area contributed by atoms with E-state index in [1.54, 1.807) is 0 Å². The van der Waals surface area contributed by atoms with Crippen LogP contribution in [-0.2, 0) is 6.42 Å². The molecule has 0 saturated heterocycles. The van der Waals surface area contributed by atoms with Crippen LogP contribution >= 0.6 is 31.9 Å². The Hall–Kier alpha value is -0.930. The summed E-state index contributed by atoms with van der Waals surface area (Å²) in [7, 11) is 0. The van der Waals surface area contributed by atoms with Gasteiger partial charge in [-0.25, -0.2) is 0 Å². The molecule has 102 valence electrons. The van der Waals surface area contributed by atoms with Crippen LogP contribution < -0.4 is 0 Å². The van der Waals surface area contributed by atoms with Crippen LogP contribution in [0.4, 0.5) is 0 Å². The van der Waals surface area contributed by atoms with E-state index in [2.05, 4.69) is 50.1 Å². The number of benzene rings is 2. The zero-order chi connectivity index (χ0) is 14.1. The van der Waals surface area contributed by atoms with Gasteiger partial charge in [-0.1, -0.05) is 56.1 Å². The Labute approximate surface area is 135 Å². The first-order chi connectivity index (χ1) is 9.66. The molecule has 0 saturated carbocycles. The van der Waals surface area contributed by atoms with E-state index >= 15 is 0 Å². The lowest BCUT2D eigenvalue weighted by molar-refractivity contribution is 0.0950. The minimum atomic E-state index is -0.00875. The minimum Gasteiger partial charge on any atom is -0.293 e. The second-order valence-electron chi connectivity index (χ2n) is 5.13. The molecule has 3 heteroatoms. The van der Waals surface area contributed by atoms with Crippen LogP contribution in [0.25, 0.3) is 0 Å². The van der Waals surface area contributed by atoms with Crippen LogP contribution in [0.1, 0.15) is 40.2 Å². The molecule has 1 aliphatic rings. The smallest absolute Gasteiger partial charge is 0.171 e. The molecule has 0 aromatic heterocycles. The molecule has 20 heavy (non-hydrogen) atoms. The van der Waals surface area contributed by atoms with Crippen LogP contribution in [0.5, 0.6) is 0 Å². The lowest BCUT2D eigenvalue weighted by Gasteiger charge is -2.24. The van der Waals surface area contributed by atoms with Crippen molar-refractivity contribution >= 4 is 37.6 Å². The highest BCUT2D eigenvalue weighted by molar-refractivity contribution is 9.11. The molecule has 0 aliphatic heterocycles. The summed E-state index contributed by atoms with van der Waals surface area (Å²) in [4.78, 5) is 12.9. The number of Topliss-reactive ketones (excluding diaryl/α,β-unsaturated/α-hetero) is 1. The third-order valence-electron chi connectivity index (χ3n) is 3.88. The summed E-state index contributed by atoms with van der Waals surface area (Å²) in [5.74, 6) is 0.205. The monoisotopic (exact) mass is 392 g/mol. The Morgan fingerprint density at radius 3 is 2.75 bits per heavy atom. The van der Waals surface area contributed by atoms with Gasteiger partial charge >= 0.3 is 0 Å². The standard InChI is InChI=1S/C17H14Br2O/c18-12-8-9-16(19)15(10-12)17(20)14-7-3-5-11-4-1-2-6-13(11)14/h1-2,4,6,8-10,14H,3,5,7H2. The largest absolute Gasteiger partial charge is 0.293 e. The van der Waals surface area contributed by atoms with E-state index in [4.69, 9.17) is 0 Å². The molecule has 1 atom stereocenters. The fraction of sp³-hybridized carbons (Fsp3) is 0.235. The van der Waals surface area contributed by atoms with Gasteiger partial charge in [0.15, 0.2) is 5.78 Å². The van der Waals surface area contributed by atoms with E-state index in [0.717, 1.165) is 33.8 Å². The number of carbonyl (C=O) groups is 1. The molecule has 0 heterocycles. The first kappa shape index (κ1) is 14.0. The summed E-state index contributed by atoms with van der Waals surface area (Å²) in [6.45, 7) is 0. The normalized spacial score (nSPS) is 17.6. The van der Waals surface area contributed by atoms with Gasteiger partial charge in [0.2, 0.25) is 0 Å². The molecule has 0 bridgehead atoms. The molecule has 0 amide bonds. The van der Waals surface area contributed by atoms with Crippen molar-refractivity contribution in [1.29, 1.82) is 0 Å². The maximum absolute atomic E-state index is 12.9. The SMILES string of the molecule is O=C(c1cc(Br)ccc1Br)C1CCCc2ccccc21. The Morgan fingerprint density at radius 2 is 1.90 bits per heavy atom. The topological polar surface area (TPSA) is 17.1 Å². The highest BCUT2D eigenvalue weighted by Crippen LogP contribution is 2.36. The van der Waals surface area contributed by atoms with Crippen molar-refractivity contribution in [3.05, 3.63) is 68.1 Å². The van der Waals surface area contributed by atoms with Gasteiger partial charge in [0.25, 0.3) is 0 Å². The highest BCUT2D eigenvalue weighted by atomic mass is 79.9. The average Bonchev–Trinajstić information content (AvgIpc) is 2.48. The molecule has 1 unspecified atom stereocenters. The van der Waals surface area contributed by atoms with E-state index in [1.807, 2.05) is 24.3 Å². The van der Waals surface area contributed by atoms with E-state index < -0.39 is 0 Å². The second-order valence-corrected chi connectivity index (χ2v) is 6.90. The summed E-state index contributed by atoms with van der Waals surface area (Å²) in [6.07, 6.45) is 3.10. The third-order valence-corrected chi connectivity index (χ3v) is 5.06. The van der Waals surface area contributed by atoms with Crippen molar-refractivity contribution in [2.45, 2.75) is 25.2 Å². The van der Waals surface area contributed by atoms with Gasteiger partial charge in [0.05, 0.1) is 0 Å². The van der Waals surface area contributed by atoms with Gasteiger partial charge in [-0.2, -0.15) is 0 Å². The molecular formula is C17H14Br2O. The number of halogens is 2. The number of aryl methyl sites for hydroxylation is 1. The first-order valence-corrected chi connectivity index (χ1v) is 8.32. The maximum Gasteiger partial charge on any atom is 0.171 e. The summed E-state index contributed by atoms with van der Waals surface area (Å²) in [5.41, 5.74) is 3.29. The minimum absolute atomic E-state index is 0.00875. The number of hydrogen-bond donors (Lipinski definition) is 0. The van der Waals surface area contributed by atoms with Gasteiger partial charge in [0.1, 0.15) is 0 Å². The molecule has 0 radical (unpaired) electrons. The summed E-state index contributed by atoms with van der Waals surface area (Å²) < 4.78 is 1.81. The Balaban J connectivity index is 2.02. The first-order valence-electron chi connectivity index (χ1n) is 6.74. The molecule has 0 N–H and O–H groups in total. The van der Waals surface area contributed by atoms with Gasteiger partial charge < -0.3 is 0 Å². The van der Waals surface area contributed by atoms with Crippen molar-refractivity contribution < 1.29 is 4.79 Å². The second kappa shape index (κ2) is 5.82. The van der Waals surface area contributed by atoms with E-state index in [-0.39, 0.29) is 11.7 Å². The van der Waals surface area contributed by atoms with Crippen molar-refractivity contribution in [2.24, 2.45) is 0 Å². The third kappa shape index (κ3) is 2.61. The number of fused-ring (bicyclic) bond motifs is 1. The number of ketones is 1. The lowest BCUT2D eigenvalue weighted by atomic mass is 9.79. The molecule has 2 aromatic rings. The zero-order valence-electron chi connectivity index (χ0n) is 10.9. The Bertz CT molecular complexity index is 664. The molecule has 0 fully saturated rings. The Kier molecular flexibility index (Phi) is 4.08. The van der Waals surface area contributed by atoms with Crippen molar-refractivity contribution in [1.82, 2.24) is 0 Å². The fourth-order valence-electron chi connectivity index (χ4n) is 2.90. The van der Waals surface area contributed by atoms with Gasteiger partial charge in [-0.15, -0.1) is 0 Å². The predicted molar refractivity (Wildman–Crippen MR) is 88.3 cm³/mol. The van der Waals surface area contributed by atoms with E-state index in [1.165, 1.54) is 11.1 Å². The average molecular weight is 394 g/mol. The highest BCUT2D eigenvalue weighted by Gasteiger charge is 2.28. The molecule has 0 spiro atoms. The molecule has 1 aliphatic carbocycles. The van der Waals surface area contributed by atoms with E-state index in [0.29, 0.717) is 0 Å². The number of carbonyl (C=O) groups excluding carboxylic acids is 1. The molecule has 1 nitrogen and oxygen atoms in total. The molecule has 3 rings (SSSR count). The van der Waals surface area contributed by atoms with Crippen LogP contribution in [0.3, 0.4) is 0 Å². The van der Waals surface area contributed by atoms with Crippen LogP contribution in [0.2, 0.25) is 0 Å². The Morgan fingerprint density at radius 1 is 1.10 bits per heavy atom. The van der Waals surface area contributed by atoms with Crippen LogP contribution in [0, 0.1) is 0 Å². The summed E-state index contributed by atoms with van der Waals surface area (Å²) in [6, 6.07) is 14.1. The maximum atomic E-state index is 12.9. The van der Waals surface area contributed by atoms with Gasteiger partial charge in [0, 0.05) is 20.4 Å². The lowest BCUT2D eigenvalue weighted by Crippen LogP contribution is -2.19.